The largest absolute Gasteiger partial charge is 0.388 e. The number of halogens is 2. The number of hydrogen-bond donors (Lipinski definition) is 1. The van der Waals surface area contributed by atoms with Crippen molar-refractivity contribution in [2.75, 3.05) is 6.54 Å². The van der Waals surface area contributed by atoms with Gasteiger partial charge in [-0.05, 0) is 25.0 Å². The van der Waals surface area contributed by atoms with Gasteiger partial charge in [-0.3, -0.25) is 4.79 Å². The van der Waals surface area contributed by atoms with Crippen molar-refractivity contribution < 1.29 is 14.3 Å². The first-order valence-corrected chi connectivity index (χ1v) is 7.19. The zero-order chi connectivity index (χ0) is 14.3. The second-order valence-electron chi connectivity index (χ2n) is 5.53. The first kappa shape index (κ1) is 13.8. The van der Waals surface area contributed by atoms with Crippen LogP contribution in [0, 0.1) is 0 Å². The monoisotopic (exact) mass is 298 g/mol. The summed E-state index contributed by atoms with van der Waals surface area (Å²) >= 11 is 5.80. The Labute approximate surface area is 121 Å². The molecule has 3 rings (SSSR count). The summed E-state index contributed by atoms with van der Waals surface area (Å²) in [5.41, 5.74) is -0.564. The van der Waals surface area contributed by atoms with Crippen LogP contribution in [0.25, 0.3) is 0 Å². The van der Waals surface area contributed by atoms with Gasteiger partial charge in [-0.25, -0.2) is 9.37 Å². The molecule has 2 aliphatic rings. The Bertz CT molecular complexity index is 534. The highest BCUT2D eigenvalue weighted by molar-refractivity contribution is 6.29. The molecule has 2 heterocycles. The Morgan fingerprint density at radius 2 is 2.15 bits per heavy atom. The molecule has 0 radical (unpaired) electrons. The highest BCUT2D eigenvalue weighted by Gasteiger charge is 2.56. The maximum absolute atomic E-state index is 13.9. The standard InChI is InChI=1S/C14H16ClFN2O2/c15-11-5-3-4-10(17-11)13(20)18-8-9(16)12(19)14(18)6-1-2-7-14/h3-5,9,12,19H,1-2,6-8H2. The van der Waals surface area contributed by atoms with E-state index in [1.54, 1.807) is 18.2 Å². The van der Waals surface area contributed by atoms with Crippen LogP contribution < -0.4 is 0 Å². The number of carbonyl (C=O) groups is 1. The molecule has 1 aliphatic carbocycles. The van der Waals surface area contributed by atoms with E-state index in [9.17, 15) is 14.3 Å². The molecule has 0 bridgehead atoms. The van der Waals surface area contributed by atoms with E-state index in [4.69, 9.17) is 11.6 Å². The minimum absolute atomic E-state index is 0.0752. The van der Waals surface area contributed by atoms with Gasteiger partial charge in [-0.2, -0.15) is 0 Å². The van der Waals surface area contributed by atoms with Crippen molar-refractivity contribution in [2.45, 2.75) is 43.5 Å². The molecule has 108 valence electrons. The Hall–Kier alpha value is -1.20. The predicted molar refractivity (Wildman–Crippen MR) is 72.4 cm³/mol. The molecule has 2 unspecified atom stereocenters. The number of amides is 1. The first-order chi connectivity index (χ1) is 9.54. The number of aliphatic hydroxyl groups excluding tert-OH is 1. The van der Waals surface area contributed by atoms with E-state index in [0.29, 0.717) is 12.8 Å². The summed E-state index contributed by atoms with van der Waals surface area (Å²) < 4.78 is 13.9. The average molecular weight is 299 g/mol. The van der Waals surface area contributed by atoms with Crippen LogP contribution in [0.3, 0.4) is 0 Å². The number of nitrogens with zero attached hydrogens (tertiary/aromatic N) is 2. The number of aliphatic hydroxyl groups is 1. The average Bonchev–Trinajstić information content (AvgIpc) is 3.01. The highest BCUT2D eigenvalue weighted by atomic mass is 35.5. The van der Waals surface area contributed by atoms with Gasteiger partial charge in [0.2, 0.25) is 0 Å². The van der Waals surface area contributed by atoms with Gasteiger partial charge >= 0.3 is 0 Å². The van der Waals surface area contributed by atoms with Gasteiger partial charge in [-0.15, -0.1) is 0 Å². The lowest BCUT2D eigenvalue weighted by atomic mass is 9.90. The molecule has 1 amide bonds. The lowest BCUT2D eigenvalue weighted by Crippen LogP contribution is -2.51. The fourth-order valence-electron chi connectivity index (χ4n) is 3.46. The summed E-state index contributed by atoms with van der Waals surface area (Å²) in [5, 5.41) is 10.4. The fraction of sp³-hybridized carbons (Fsp3) is 0.571. The van der Waals surface area contributed by atoms with Crippen LogP contribution in [-0.2, 0) is 0 Å². The Kier molecular flexibility index (Phi) is 3.42. The number of likely N-dealkylation sites (tertiary alicyclic amines) is 1. The second kappa shape index (κ2) is 4.97. The van der Waals surface area contributed by atoms with Gasteiger partial charge in [0, 0.05) is 0 Å². The molecule has 4 nitrogen and oxygen atoms in total. The molecule has 1 spiro atoms. The van der Waals surface area contributed by atoms with Crippen LogP contribution in [0.5, 0.6) is 0 Å². The van der Waals surface area contributed by atoms with Crippen LogP contribution in [0.2, 0.25) is 5.15 Å². The van der Waals surface area contributed by atoms with Crippen molar-refractivity contribution in [3.05, 3.63) is 29.0 Å². The van der Waals surface area contributed by atoms with Gasteiger partial charge in [0.15, 0.2) is 0 Å². The number of carbonyl (C=O) groups excluding carboxylic acids is 1. The lowest BCUT2D eigenvalue weighted by molar-refractivity contribution is 0.0135. The lowest BCUT2D eigenvalue weighted by Gasteiger charge is -2.36. The van der Waals surface area contributed by atoms with Gasteiger partial charge < -0.3 is 10.0 Å². The summed E-state index contributed by atoms with van der Waals surface area (Å²) in [4.78, 5) is 18.0. The summed E-state index contributed by atoms with van der Waals surface area (Å²) in [6.45, 7) is -0.0752. The van der Waals surface area contributed by atoms with E-state index < -0.39 is 17.8 Å². The number of pyridine rings is 1. The highest BCUT2D eigenvalue weighted by Crippen LogP contribution is 2.44. The van der Waals surface area contributed by atoms with E-state index in [1.807, 2.05) is 0 Å². The maximum atomic E-state index is 13.9. The van der Waals surface area contributed by atoms with Gasteiger partial charge in [0.25, 0.3) is 5.91 Å². The molecule has 1 aliphatic heterocycles. The van der Waals surface area contributed by atoms with Crippen molar-refractivity contribution >= 4 is 17.5 Å². The van der Waals surface area contributed by atoms with Crippen LogP contribution in [-0.4, -0.2) is 45.3 Å². The topological polar surface area (TPSA) is 53.4 Å². The predicted octanol–water partition coefficient (Wildman–Crippen LogP) is 2.20. The SMILES string of the molecule is O=C(c1cccc(Cl)n1)N1CC(F)C(O)C12CCCC2. The van der Waals surface area contributed by atoms with Crippen LogP contribution in [0.4, 0.5) is 4.39 Å². The molecule has 2 fully saturated rings. The van der Waals surface area contributed by atoms with E-state index in [2.05, 4.69) is 4.98 Å². The fourth-order valence-corrected chi connectivity index (χ4v) is 3.62. The van der Waals surface area contributed by atoms with Crippen LogP contribution in [0.1, 0.15) is 36.2 Å². The van der Waals surface area contributed by atoms with Crippen molar-refractivity contribution in [1.82, 2.24) is 9.88 Å². The molecule has 20 heavy (non-hydrogen) atoms. The quantitative estimate of drug-likeness (QED) is 0.809. The summed E-state index contributed by atoms with van der Waals surface area (Å²) in [6, 6.07) is 4.79. The van der Waals surface area contributed by atoms with E-state index in [1.165, 1.54) is 4.90 Å². The van der Waals surface area contributed by atoms with E-state index in [0.717, 1.165) is 12.8 Å². The first-order valence-electron chi connectivity index (χ1n) is 6.81. The Morgan fingerprint density at radius 1 is 1.45 bits per heavy atom. The molecule has 1 saturated heterocycles. The minimum atomic E-state index is -1.39. The smallest absolute Gasteiger partial charge is 0.273 e. The van der Waals surface area contributed by atoms with Gasteiger partial charge in [0.05, 0.1) is 12.1 Å². The Morgan fingerprint density at radius 3 is 2.80 bits per heavy atom. The third kappa shape index (κ3) is 2.00. The van der Waals surface area contributed by atoms with Crippen molar-refractivity contribution in [3.63, 3.8) is 0 Å². The zero-order valence-electron chi connectivity index (χ0n) is 10.9. The molecule has 0 aromatic carbocycles. The molecule has 2 atom stereocenters. The minimum Gasteiger partial charge on any atom is -0.388 e. The van der Waals surface area contributed by atoms with Crippen molar-refractivity contribution in [1.29, 1.82) is 0 Å². The molecule has 1 N–H and O–H groups in total. The number of alkyl halides is 1. The molecular formula is C14H16ClFN2O2. The summed E-state index contributed by atoms with van der Waals surface area (Å²) in [5.74, 6) is -0.353. The second-order valence-corrected chi connectivity index (χ2v) is 5.92. The summed E-state index contributed by atoms with van der Waals surface area (Å²) in [7, 11) is 0. The number of hydrogen-bond acceptors (Lipinski definition) is 3. The van der Waals surface area contributed by atoms with Crippen LogP contribution >= 0.6 is 11.6 Å². The van der Waals surface area contributed by atoms with E-state index in [-0.39, 0.29) is 23.3 Å². The molecule has 6 heteroatoms. The normalized spacial score (nSPS) is 28.2. The molecule has 1 saturated carbocycles. The van der Waals surface area contributed by atoms with E-state index >= 15 is 0 Å². The number of aromatic nitrogens is 1. The molecule has 1 aromatic heterocycles. The van der Waals surface area contributed by atoms with Gasteiger partial charge in [-0.1, -0.05) is 30.5 Å². The molecular weight excluding hydrogens is 283 g/mol. The summed E-state index contributed by atoms with van der Waals surface area (Å²) in [6.07, 6.45) is 0.582. The zero-order valence-corrected chi connectivity index (χ0v) is 11.7. The third-order valence-corrected chi connectivity index (χ3v) is 4.65. The van der Waals surface area contributed by atoms with Crippen molar-refractivity contribution in [2.24, 2.45) is 0 Å². The van der Waals surface area contributed by atoms with Crippen molar-refractivity contribution in [3.8, 4) is 0 Å². The Balaban J connectivity index is 1.94. The molecule has 1 aromatic rings. The van der Waals surface area contributed by atoms with Crippen LogP contribution in [0.15, 0.2) is 18.2 Å². The third-order valence-electron chi connectivity index (χ3n) is 4.44. The van der Waals surface area contributed by atoms with Gasteiger partial charge in [0.1, 0.15) is 23.1 Å². The maximum Gasteiger partial charge on any atom is 0.273 e. The number of rotatable bonds is 1.